The molecule has 1 fully saturated rings. The summed E-state index contributed by atoms with van der Waals surface area (Å²) in [6.45, 7) is 7.34. The van der Waals surface area contributed by atoms with E-state index in [2.05, 4.69) is 13.2 Å². The zero-order valence-corrected chi connectivity index (χ0v) is 9.93. The van der Waals surface area contributed by atoms with E-state index in [0.29, 0.717) is 11.7 Å². The van der Waals surface area contributed by atoms with E-state index >= 15 is 0 Å². The molecule has 0 aliphatic carbocycles. The van der Waals surface area contributed by atoms with Crippen molar-refractivity contribution in [2.45, 2.75) is 11.0 Å². The summed E-state index contributed by atoms with van der Waals surface area (Å²) in [5.74, 6) is 2.25. The first-order valence-corrected chi connectivity index (χ1v) is 7.93. The summed E-state index contributed by atoms with van der Waals surface area (Å²) in [6, 6.07) is 0. The van der Waals surface area contributed by atoms with Crippen LogP contribution in [0.2, 0.25) is 0 Å². The summed E-state index contributed by atoms with van der Waals surface area (Å²) < 4.78 is 12.0. The van der Waals surface area contributed by atoms with Crippen LogP contribution in [0.1, 0.15) is 6.42 Å². The monoisotopic (exact) mass is 234 g/mol. The van der Waals surface area contributed by atoms with Crippen molar-refractivity contribution >= 4 is 32.4 Å². The molecule has 74 valence electrons. The van der Waals surface area contributed by atoms with Gasteiger partial charge in [0.25, 0.3) is 0 Å². The van der Waals surface area contributed by atoms with E-state index in [1.54, 1.807) is 16.9 Å². The molecule has 1 aliphatic heterocycles. The molecule has 3 atom stereocenters. The number of hydrogen-bond acceptors (Lipinski definition) is 3. The van der Waals surface area contributed by atoms with Gasteiger partial charge in [-0.15, -0.1) is 13.2 Å². The van der Waals surface area contributed by atoms with Crippen molar-refractivity contribution in [1.29, 1.82) is 0 Å². The van der Waals surface area contributed by atoms with Crippen molar-refractivity contribution in [2.75, 3.05) is 11.5 Å². The molecule has 3 unspecified atom stereocenters. The van der Waals surface area contributed by atoms with E-state index in [0.717, 1.165) is 12.2 Å². The highest BCUT2D eigenvalue weighted by Gasteiger charge is 2.31. The topological polar surface area (TPSA) is 17.1 Å². The maximum absolute atomic E-state index is 11.7. The van der Waals surface area contributed by atoms with Crippen LogP contribution < -0.4 is 0 Å². The van der Waals surface area contributed by atoms with Gasteiger partial charge < -0.3 is 0 Å². The van der Waals surface area contributed by atoms with Crippen LogP contribution in [0.15, 0.2) is 25.3 Å². The molecule has 13 heavy (non-hydrogen) atoms. The van der Waals surface area contributed by atoms with Crippen LogP contribution in [0.5, 0.6) is 0 Å². The Labute approximate surface area is 90.3 Å². The molecule has 0 N–H and O–H groups in total. The fourth-order valence-electron chi connectivity index (χ4n) is 1.21. The van der Waals surface area contributed by atoms with E-state index in [1.165, 1.54) is 0 Å². The highest BCUT2D eigenvalue weighted by atomic mass is 33.1. The third kappa shape index (κ3) is 3.18. The molecule has 0 aromatic heterocycles. The first kappa shape index (κ1) is 11.4. The van der Waals surface area contributed by atoms with Gasteiger partial charge in [-0.3, -0.25) is 4.21 Å². The highest BCUT2D eigenvalue weighted by molar-refractivity contribution is 8.78. The Morgan fingerprint density at radius 2 is 2.23 bits per heavy atom. The molecule has 0 aromatic rings. The second-order valence-corrected chi connectivity index (χ2v) is 7.32. The Bertz CT molecular complexity index is 215. The minimum atomic E-state index is -0.751. The smallest absolute Gasteiger partial charge is 0.0946 e. The van der Waals surface area contributed by atoms with E-state index in [4.69, 9.17) is 0 Å². The Hall–Kier alpha value is 0.330. The van der Waals surface area contributed by atoms with E-state index in [9.17, 15) is 4.21 Å². The van der Waals surface area contributed by atoms with Gasteiger partial charge in [-0.2, -0.15) is 0 Å². The average Bonchev–Trinajstić information content (AvgIpc) is 2.54. The van der Waals surface area contributed by atoms with Gasteiger partial charge in [-0.25, -0.2) is 0 Å². The predicted octanol–water partition coefficient (Wildman–Crippen LogP) is 2.83. The first-order valence-electron chi connectivity index (χ1n) is 4.16. The summed E-state index contributed by atoms with van der Waals surface area (Å²) in [6.07, 6.45) is 4.65. The molecule has 0 radical (unpaired) electrons. The zero-order chi connectivity index (χ0) is 9.68. The number of allylic oxidation sites excluding steroid dienone is 1. The summed E-state index contributed by atoms with van der Waals surface area (Å²) >= 11 is 0. The normalized spacial score (nSPS) is 29.8. The molecule has 0 bridgehead atoms. The standard InChI is InChI=1S/C9H14OS3/c1-3-5-8-7-11-12-9(8)13(10)6-4-2/h3-4,8-9H,1-2,5-7H2. The van der Waals surface area contributed by atoms with Gasteiger partial charge in [0.15, 0.2) is 0 Å². The molecular formula is C9H14OS3. The van der Waals surface area contributed by atoms with E-state index in [-0.39, 0.29) is 4.58 Å². The largest absolute Gasteiger partial charge is 0.258 e. The van der Waals surface area contributed by atoms with Crippen LogP contribution in [0.25, 0.3) is 0 Å². The summed E-state index contributed by atoms with van der Waals surface area (Å²) in [7, 11) is 2.83. The van der Waals surface area contributed by atoms with Crippen LogP contribution in [0.4, 0.5) is 0 Å². The lowest BCUT2D eigenvalue weighted by Gasteiger charge is -2.14. The molecule has 1 aliphatic rings. The van der Waals surface area contributed by atoms with Gasteiger partial charge in [0.05, 0.1) is 4.58 Å². The van der Waals surface area contributed by atoms with Crippen molar-refractivity contribution < 1.29 is 4.21 Å². The SMILES string of the molecule is C=CCC1CSSC1S(=O)CC=C. The molecule has 0 saturated carbocycles. The number of rotatable bonds is 5. The van der Waals surface area contributed by atoms with Gasteiger partial charge in [0.1, 0.15) is 0 Å². The Morgan fingerprint density at radius 1 is 1.46 bits per heavy atom. The van der Waals surface area contributed by atoms with Gasteiger partial charge in [0.2, 0.25) is 0 Å². The zero-order valence-electron chi connectivity index (χ0n) is 7.48. The molecule has 4 heteroatoms. The Kier molecular flexibility index (Phi) is 5.21. The van der Waals surface area contributed by atoms with Crippen molar-refractivity contribution in [1.82, 2.24) is 0 Å². The van der Waals surface area contributed by atoms with Crippen molar-refractivity contribution in [3.05, 3.63) is 25.3 Å². The van der Waals surface area contributed by atoms with Crippen molar-refractivity contribution in [2.24, 2.45) is 5.92 Å². The Morgan fingerprint density at radius 3 is 2.85 bits per heavy atom. The van der Waals surface area contributed by atoms with Crippen LogP contribution in [0.3, 0.4) is 0 Å². The summed E-state index contributed by atoms with van der Waals surface area (Å²) in [4.78, 5) is 0. The minimum Gasteiger partial charge on any atom is -0.258 e. The number of hydrogen-bond donors (Lipinski definition) is 0. The molecule has 1 saturated heterocycles. The third-order valence-electron chi connectivity index (χ3n) is 1.84. The van der Waals surface area contributed by atoms with Crippen LogP contribution >= 0.6 is 21.6 Å². The molecule has 1 nitrogen and oxygen atoms in total. The second-order valence-electron chi connectivity index (χ2n) is 2.87. The first-order chi connectivity index (χ1) is 6.29. The molecule has 1 heterocycles. The van der Waals surface area contributed by atoms with Gasteiger partial charge >= 0.3 is 0 Å². The average molecular weight is 234 g/mol. The molecular weight excluding hydrogens is 220 g/mol. The quantitative estimate of drug-likeness (QED) is 0.538. The molecule has 0 spiro atoms. The molecule has 0 amide bonds. The second kappa shape index (κ2) is 5.94. The van der Waals surface area contributed by atoms with Gasteiger partial charge in [0, 0.05) is 22.3 Å². The summed E-state index contributed by atoms with van der Waals surface area (Å²) in [5.41, 5.74) is 0. The van der Waals surface area contributed by atoms with E-state index < -0.39 is 10.8 Å². The van der Waals surface area contributed by atoms with Crippen LogP contribution in [-0.2, 0) is 10.8 Å². The van der Waals surface area contributed by atoms with E-state index in [1.807, 2.05) is 16.9 Å². The van der Waals surface area contributed by atoms with Crippen LogP contribution in [-0.4, -0.2) is 20.3 Å². The molecule has 1 rings (SSSR count). The Balaban J connectivity index is 2.51. The lowest BCUT2D eigenvalue weighted by atomic mass is 10.1. The van der Waals surface area contributed by atoms with Crippen molar-refractivity contribution in [3.63, 3.8) is 0 Å². The lowest BCUT2D eigenvalue weighted by molar-refractivity contribution is 0.636. The predicted molar refractivity (Wildman–Crippen MR) is 65.3 cm³/mol. The highest BCUT2D eigenvalue weighted by Crippen LogP contribution is 2.44. The third-order valence-corrected chi connectivity index (χ3v) is 7.32. The van der Waals surface area contributed by atoms with Gasteiger partial charge in [-0.05, 0) is 12.3 Å². The summed E-state index contributed by atoms with van der Waals surface area (Å²) in [5, 5.41) is 0. The maximum atomic E-state index is 11.7. The molecule has 0 aromatic carbocycles. The van der Waals surface area contributed by atoms with Gasteiger partial charge in [-0.1, -0.05) is 33.7 Å². The van der Waals surface area contributed by atoms with Crippen LogP contribution in [0, 0.1) is 5.92 Å². The maximum Gasteiger partial charge on any atom is 0.0946 e. The fourth-order valence-corrected chi connectivity index (χ4v) is 7.11. The van der Waals surface area contributed by atoms with Crippen molar-refractivity contribution in [3.8, 4) is 0 Å². The fraction of sp³-hybridized carbons (Fsp3) is 0.556. The minimum absolute atomic E-state index is 0.279. The lowest BCUT2D eigenvalue weighted by Crippen LogP contribution is -2.20.